The lowest BCUT2D eigenvalue weighted by Crippen LogP contribution is -0.844. The number of hydrogen-bond donors (Lipinski definition) is 0. The van der Waals surface area contributed by atoms with E-state index in [1.165, 1.54) is 0 Å². The molecule has 0 aliphatic carbocycles. The summed E-state index contributed by atoms with van der Waals surface area (Å²) in [5.41, 5.74) is 2.25. The van der Waals surface area contributed by atoms with Crippen molar-refractivity contribution in [1.82, 2.24) is 0 Å². The third kappa shape index (κ3) is 83.8. The predicted octanol–water partition coefficient (Wildman–Crippen LogP) is 1.07. The van der Waals surface area contributed by atoms with Gasteiger partial charge in [-0.05, 0) is 0 Å². The van der Waals surface area contributed by atoms with Crippen molar-refractivity contribution in [3.05, 3.63) is 18.9 Å². The zero-order valence-corrected chi connectivity index (χ0v) is 3.41. The van der Waals surface area contributed by atoms with Crippen molar-refractivity contribution in [3.8, 4) is 0 Å². The summed E-state index contributed by atoms with van der Waals surface area (Å²) in [6.07, 6.45) is 0. The maximum absolute atomic E-state index is 3.12. The lowest BCUT2D eigenvalue weighted by molar-refractivity contribution is 2.51. The second-order valence-corrected chi connectivity index (χ2v) is 0.250. The molecule has 4 heavy (non-hydrogen) atoms. The molecule has 0 heterocycles. The van der Waals surface area contributed by atoms with Crippen LogP contribution in [0.1, 0.15) is 0 Å². The quantitative estimate of drug-likeness (QED) is 0.377. The smallest absolute Gasteiger partial charge is 0.0572 e. The van der Waals surface area contributed by atoms with Crippen molar-refractivity contribution in [2.75, 3.05) is 0 Å². The summed E-state index contributed by atoms with van der Waals surface area (Å²) in [6.45, 7) is 6.25. The first-order valence-corrected chi connectivity index (χ1v) is 0.707. The third-order valence-corrected chi connectivity index (χ3v) is 0. The lowest BCUT2D eigenvalue weighted by atomic mass is 11.0. The Morgan fingerprint density at radius 2 is 1.25 bits per heavy atom. The monoisotopic (exact) mass is 74.0 g/mol. The molecule has 0 unspecified atom stereocenters. The van der Waals surface area contributed by atoms with Gasteiger partial charge in [0.1, 0.15) is 0 Å². The van der Waals surface area contributed by atoms with Crippen molar-refractivity contribution in [2.45, 2.75) is 0 Å². The van der Waals surface area contributed by atoms with Gasteiger partial charge in [-0.25, -0.2) is 0 Å². The molecule has 0 fully saturated rings. The molecule has 0 aliphatic rings. The van der Waals surface area contributed by atoms with Crippen LogP contribution in [0.15, 0.2) is 18.9 Å². The van der Waals surface area contributed by atoms with Gasteiger partial charge in [-0.1, -0.05) is 13.2 Å². The highest BCUT2D eigenvalue weighted by molar-refractivity contribution is 7.59. The Labute approximate surface area is 33.3 Å². The molecular weight excluding hydrogens is 68.1 g/mol. The van der Waals surface area contributed by atoms with Gasteiger partial charge in [0.2, 0.25) is 0 Å². The van der Waals surface area contributed by atoms with Gasteiger partial charge < -0.3 is 0 Å². The minimum absolute atomic E-state index is 0. The first-order chi connectivity index (χ1) is 1.41. The summed E-state index contributed by atoms with van der Waals surface area (Å²) >= 11 is 0. The molecule has 0 aromatic rings. The second-order valence-electron chi connectivity index (χ2n) is 0.250. The molecule has 0 nitrogen and oxygen atoms in total. The standard InChI is InChI=1S/C3H4.H2S/c1-3-2;/h1-2H2;1H2. The molecule has 0 radical (unpaired) electrons. The molecule has 0 aromatic carbocycles. The molecule has 0 amide bonds. The van der Waals surface area contributed by atoms with Crippen LogP contribution < -0.4 is 0 Å². The molecule has 1 heteroatoms. The first-order valence-electron chi connectivity index (χ1n) is 0.707. The van der Waals surface area contributed by atoms with Crippen molar-refractivity contribution in [3.63, 3.8) is 0 Å². The maximum Gasteiger partial charge on any atom is -0.0572 e. The van der Waals surface area contributed by atoms with E-state index in [4.69, 9.17) is 0 Å². The minimum Gasteiger partial charge on any atom is -0.197 e. The van der Waals surface area contributed by atoms with E-state index in [-0.39, 0.29) is 13.5 Å². The molecule has 24 valence electrons. The Hall–Kier alpha value is -0.130. The number of rotatable bonds is 0. The Balaban J connectivity index is 0. The van der Waals surface area contributed by atoms with Crippen molar-refractivity contribution >= 4 is 13.5 Å². The average Bonchev–Trinajstić information content (AvgIpc) is 0.918. The molecule has 0 spiro atoms. The van der Waals surface area contributed by atoms with E-state index in [1.54, 1.807) is 0 Å². The Morgan fingerprint density at radius 1 is 1.25 bits per heavy atom. The molecule has 0 saturated carbocycles. The molecule has 0 saturated heterocycles. The van der Waals surface area contributed by atoms with E-state index in [0.717, 1.165) is 0 Å². The molecule has 0 bridgehead atoms. The van der Waals surface area contributed by atoms with Gasteiger partial charge in [-0.15, -0.1) is 5.73 Å². The molecule has 0 aromatic heterocycles. The average molecular weight is 74.1 g/mol. The second kappa shape index (κ2) is 13.3. The van der Waals surface area contributed by atoms with Crippen LogP contribution in [0.4, 0.5) is 0 Å². The van der Waals surface area contributed by atoms with Gasteiger partial charge in [0.15, 0.2) is 0 Å². The van der Waals surface area contributed by atoms with E-state index < -0.39 is 0 Å². The van der Waals surface area contributed by atoms with Crippen LogP contribution in [0.3, 0.4) is 0 Å². The summed E-state index contributed by atoms with van der Waals surface area (Å²) in [5, 5.41) is 0. The summed E-state index contributed by atoms with van der Waals surface area (Å²) in [6, 6.07) is 0. The predicted molar refractivity (Wildman–Crippen MR) is 25.1 cm³/mol. The largest absolute Gasteiger partial charge is 0.197 e. The van der Waals surface area contributed by atoms with Gasteiger partial charge in [0, 0.05) is 0 Å². The van der Waals surface area contributed by atoms with Crippen LogP contribution in [0.25, 0.3) is 0 Å². The molecule has 0 atom stereocenters. The van der Waals surface area contributed by atoms with Crippen LogP contribution in [0, 0.1) is 0 Å². The highest BCUT2D eigenvalue weighted by Crippen LogP contribution is 1.16. The van der Waals surface area contributed by atoms with E-state index in [0.29, 0.717) is 0 Å². The van der Waals surface area contributed by atoms with E-state index in [2.05, 4.69) is 18.9 Å². The molecule has 0 N–H and O–H groups in total. The van der Waals surface area contributed by atoms with Crippen LogP contribution in [0.2, 0.25) is 0 Å². The van der Waals surface area contributed by atoms with Crippen LogP contribution in [-0.2, 0) is 0 Å². The SMILES string of the molecule is C=C=C.S. The Morgan fingerprint density at radius 3 is 1.25 bits per heavy atom. The Bertz CT molecular complexity index is 24.3. The van der Waals surface area contributed by atoms with Crippen LogP contribution >= 0.6 is 13.5 Å². The number of hydrogen-bond acceptors (Lipinski definition) is 0. The third-order valence-electron chi connectivity index (χ3n) is 0. The summed E-state index contributed by atoms with van der Waals surface area (Å²) in [4.78, 5) is 0. The van der Waals surface area contributed by atoms with Crippen LogP contribution in [-0.4, -0.2) is 0 Å². The zero-order chi connectivity index (χ0) is 2.71. The van der Waals surface area contributed by atoms with Crippen molar-refractivity contribution < 1.29 is 0 Å². The van der Waals surface area contributed by atoms with E-state index in [9.17, 15) is 0 Å². The molecule has 0 rings (SSSR count). The van der Waals surface area contributed by atoms with Gasteiger partial charge in [-0.2, -0.15) is 13.5 Å². The topological polar surface area (TPSA) is 0 Å². The summed E-state index contributed by atoms with van der Waals surface area (Å²) in [5.74, 6) is 0. The molecule has 0 aliphatic heterocycles. The lowest BCUT2D eigenvalue weighted by Gasteiger charge is -1.10. The fraction of sp³-hybridized carbons (Fsp3) is 0. The summed E-state index contributed by atoms with van der Waals surface area (Å²) < 4.78 is 0. The van der Waals surface area contributed by atoms with E-state index >= 15 is 0 Å². The fourth-order valence-corrected chi connectivity index (χ4v) is 0. The maximum atomic E-state index is 3.12. The van der Waals surface area contributed by atoms with Gasteiger partial charge in [0.05, 0.1) is 0 Å². The molecular formula is C3H6S. The van der Waals surface area contributed by atoms with E-state index in [1.807, 2.05) is 0 Å². The van der Waals surface area contributed by atoms with Gasteiger partial charge >= 0.3 is 0 Å². The fourth-order valence-electron chi connectivity index (χ4n) is 0. The highest BCUT2D eigenvalue weighted by atomic mass is 32.1. The minimum atomic E-state index is 0. The van der Waals surface area contributed by atoms with Gasteiger partial charge in [-0.3, -0.25) is 0 Å². The van der Waals surface area contributed by atoms with Gasteiger partial charge in [0.25, 0.3) is 0 Å². The van der Waals surface area contributed by atoms with Crippen LogP contribution in [0.5, 0.6) is 0 Å². The normalized spacial score (nSPS) is 2.00. The summed E-state index contributed by atoms with van der Waals surface area (Å²) in [7, 11) is 0. The zero-order valence-electron chi connectivity index (χ0n) is 2.41. The highest BCUT2D eigenvalue weighted by Gasteiger charge is 0.904. The van der Waals surface area contributed by atoms with Crippen molar-refractivity contribution in [2.24, 2.45) is 0 Å². The first kappa shape index (κ1) is 9.12. The Kier molecular flexibility index (Phi) is 30.2. The van der Waals surface area contributed by atoms with Crippen molar-refractivity contribution in [1.29, 1.82) is 0 Å².